The van der Waals surface area contributed by atoms with Gasteiger partial charge in [-0.25, -0.2) is 23.9 Å². The van der Waals surface area contributed by atoms with Crippen LogP contribution in [0.4, 0.5) is 14.0 Å². The number of fused-ring (bicyclic) bond motifs is 5. The predicted molar refractivity (Wildman–Crippen MR) is 250 cm³/mol. The van der Waals surface area contributed by atoms with Crippen molar-refractivity contribution in [2.24, 2.45) is 11.8 Å². The van der Waals surface area contributed by atoms with E-state index in [1.807, 2.05) is 58.0 Å². The molecule has 0 spiro atoms. The fourth-order valence-electron chi connectivity index (χ4n) is 9.79. The molecule has 3 aromatic heterocycles. The molecule has 18 heteroatoms. The number of methoxy groups -OCH3 is 3. The summed E-state index contributed by atoms with van der Waals surface area (Å²) in [5.74, 6) is 1.06. The molecule has 2 fully saturated rings. The number of carbonyl (C=O) groups excluding carboxylic acids is 4. The van der Waals surface area contributed by atoms with Crippen molar-refractivity contribution < 1.29 is 42.5 Å². The first-order valence-corrected chi connectivity index (χ1v) is 23.0. The first-order valence-electron chi connectivity index (χ1n) is 23.0. The summed E-state index contributed by atoms with van der Waals surface area (Å²) < 4.78 is 39.2. The number of aromatic nitrogens is 5. The lowest BCUT2D eigenvalue weighted by Crippen LogP contribution is -2.51. The minimum atomic E-state index is -0.781. The Morgan fingerprint density at radius 2 is 1.29 bits per heavy atom. The van der Waals surface area contributed by atoms with Crippen LogP contribution in [0, 0.1) is 17.7 Å². The van der Waals surface area contributed by atoms with Crippen LogP contribution in [-0.4, -0.2) is 105 Å². The molecule has 6 aromatic rings. The van der Waals surface area contributed by atoms with Crippen LogP contribution >= 0.6 is 0 Å². The molecule has 68 heavy (non-hydrogen) atoms. The van der Waals surface area contributed by atoms with E-state index in [9.17, 15) is 19.2 Å². The number of nitrogens with zero attached hydrogens (tertiary/aromatic N) is 5. The van der Waals surface area contributed by atoms with Crippen molar-refractivity contribution in [2.75, 3.05) is 34.4 Å². The Balaban J connectivity index is 1.03. The van der Waals surface area contributed by atoms with E-state index < -0.39 is 36.3 Å². The van der Waals surface area contributed by atoms with Crippen LogP contribution in [0.2, 0.25) is 0 Å². The third-order valence-electron chi connectivity index (χ3n) is 13.3. The number of H-pyrrole nitrogens is 2. The number of ether oxygens (including phenoxy) is 4. The van der Waals surface area contributed by atoms with Gasteiger partial charge in [-0.1, -0.05) is 39.8 Å². The number of amides is 4. The van der Waals surface area contributed by atoms with Gasteiger partial charge in [0.1, 0.15) is 41.0 Å². The zero-order valence-corrected chi connectivity index (χ0v) is 39.1. The molecule has 4 N–H and O–H groups in total. The molecule has 4 amide bonds. The van der Waals surface area contributed by atoms with Gasteiger partial charge in [0.15, 0.2) is 0 Å². The molecule has 17 nitrogen and oxygen atoms in total. The van der Waals surface area contributed by atoms with Gasteiger partial charge in [-0.05, 0) is 80.0 Å². The fourth-order valence-corrected chi connectivity index (χ4v) is 9.79. The molecule has 0 bridgehead atoms. The van der Waals surface area contributed by atoms with E-state index in [-0.39, 0.29) is 35.7 Å². The van der Waals surface area contributed by atoms with Crippen molar-refractivity contribution in [3.8, 4) is 45.3 Å². The number of likely N-dealkylation sites (tertiary alicyclic amines) is 2. The Kier molecular flexibility index (Phi) is 12.6. The largest absolute Gasteiger partial charge is 0.497 e. The van der Waals surface area contributed by atoms with E-state index >= 15 is 4.39 Å². The van der Waals surface area contributed by atoms with Gasteiger partial charge in [0, 0.05) is 46.8 Å². The van der Waals surface area contributed by atoms with Crippen molar-refractivity contribution in [2.45, 2.75) is 83.8 Å². The van der Waals surface area contributed by atoms with Crippen LogP contribution in [0.5, 0.6) is 11.5 Å². The van der Waals surface area contributed by atoms with Gasteiger partial charge in [-0.15, -0.1) is 0 Å². The zero-order valence-electron chi connectivity index (χ0n) is 39.1. The average Bonchev–Trinajstić information content (AvgIpc) is 4.20. The number of carbonyl (C=O) groups is 4. The van der Waals surface area contributed by atoms with Crippen LogP contribution in [0.1, 0.15) is 88.9 Å². The molecule has 9 rings (SSSR count). The Morgan fingerprint density at radius 1 is 0.735 bits per heavy atom. The maximum Gasteiger partial charge on any atom is 0.407 e. The summed E-state index contributed by atoms with van der Waals surface area (Å²) in [5.41, 5.74) is 6.25. The van der Waals surface area contributed by atoms with E-state index in [2.05, 4.69) is 37.3 Å². The molecule has 3 aliphatic heterocycles. The number of benzene rings is 3. The molecule has 2 saturated heterocycles. The third kappa shape index (κ3) is 8.58. The fraction of sp³-hybridized carbons (Fsp3) is 0.400. The topological polar surface area (TPSA) is 198 Å². The molecule has 0 aliphatic carbocycles. The van der Waals surface area contributed by atoms with Crippen molar-refractivity contribution in [3.63, 3.8) is 0 Å². The smallest absolute Gasteiger partial charge is 0.407 e. The number of imidazole rings is 2. The van der Waals surface area contributed by atoms with Gasteiger partial charge in [0.05, 0.1) is 68.4 Å². The molecular formula is C50H56FN9O8. The lowest BCUT2D eigenvalue weighted by Gasteiger charge is -2.31. The highest BCUT2D eigenvalue weighted by molar-refractivity contribution is 5.93. The number of hydrogen-bond donors (Lipinski definition) is 4. The molecule has 6 heterocycles. The SMILES string of the molecule is COC(=O)N[C@H](C(=O)N1CCC[C@H]1c1ncc(-c2ccc3c(c2)OC(c2cc(F)cc(OC)c2)n2c-3cc3cc(-c4cnc([C@@H]5CCCN5C(=O)[C@@H](NC(=O)OC)C(C)C)[nH]4)ccc32)[nH]1)C(C)C. The number of aromatic amines is 2. The normalized spacial score (nSPS) is 18.5. The molecule has 3 aliphatic rings. The number of alkyl carbamates (subject to hydrolysis) is 2. The summed E-state index contributed by atoms with van der Waals surface area (Å²) >= 11 is 0. The number of halogens is 1. The molecule has 5 atom stereocenters. The second-order valence-corrected chi connectivity index (χ2v) is 18.2. The monoisotopic (exact) mass is 929 g/mol. The highest BCUT2D eigenvalue weighted by Crippen LogP contribution is 2.47. The molecule has 356 valence electrons. The minimum absolute atomic E-state index is 0.155. The summed E-state index contributed by atoms with van der Waals surface area (Å²) in [6, 6.07) is 16.5. The van der Waals surface area contributed by atoms with E-state index in [1.54, 1.807) is 28.3 Å². The molecule has 1 unspecified atom stereocenters. The third-order valence-corrected chi connectivity index (χ3v) is 13.3. The van der Waals surface area contributed by atoms with Gasteiger partial charge in [0.25, 0.3) is 0 Å². The van der Waals surface area contributed by atoms with Crippen molar-refractivity contribution >= 4 is 34.9 Å². The first kappa shape index (κ1) is 45.8. The molecular weight excluding hydrogens is 874 g/mol. The van der Waals surface area contributed by atoms with E-state index in [4.69, 9.17) is 28.9 Å². The van der Waals surface area contributed by atoms with Gasteiger partial charge in [-0.2, -0.15) is 0 Å². The predicted octanol–water partition coefficient (Wildman–Crippen LogP) is 8.26. The minimum Gasteiger partial charge on any atom is -0.497 e. The molecule has 3 aromatic carbocycles. The first-order chi connectivity index (χ1) is 32.8. The molecule has 0 radical (unpaired) electrons. The van der Waals surface area contributed by atoms with E-state index in [1.165, 1.54) is 33.5 Å². The highest BCUT2D eigenvalue weighted by atomic mass is 19.1. The second kappa shape index (κ2) is 18.7. The summed E-state index contributed by atoms with van der Waals surface area (Å²) in [5, 5.41) is 6.31. The van der Waals surface area contributed by atoms with Crippen molar-refractivity contribution in [3.05, 3.63) is 96.1 Å². The Labute approximate surface area is 392 Å². The maximum atomic E-state index is 15.2. The van der Waals surface area contributed by atoms with Gasteiger partial charge in [-0.3, -0.25) is 9.59 Å². The molecule has 0 saturated carbocycles. The summed E-state index contributed by atoms with van der Waals surface area (Å²) in [6.45, 7) is 8.60. The summed E-state index contributed by atoms with van der Waals surface area (Å²) in [7, 11) is 4.04. The Bertz CT molecular complexity index is 2890. The van der Waals surface area contributed by atoms with Gasteiger partial charge >= 0.3 is 12.2 Å². The number of nitrogens with one attached hydrogen (secondary N) is 4. The van der Waals surface area contributed by atoms with Crippen LogP contribution in [0.15, 0.2) is 73.1 Å². The number of hydrogen-bond acceptors (Lipinski definition) is 10. The van der Waals surface area contributed by atoms with Crippen LogP contribution in [0.25, 0.3) is 44.7 Å². The summed E-state index contributed by atoms with van der Waals surface area (Å²) in [4.78, 5) is 71.9. The van der Waals surface area contributed by atoms with Crippen LogP contribution in [-0.2, 0) is 19.1 Å². The Morgan fingerprint density at radius 3 is 1.84 bits per heavy atom. The average molecular weight is 930 g/mol. The zero-order chi connectivity index (χ0) is 48.0. The quantitative estimate of drug-likeness (QED) is 0.0927. The number of rotatable bonds is 12. The maximum absolute atomic E-state index is 15.2. The van der Waals surface area contributed by atoms with Crippen LogP contribution in [0.3, 0.4) is 0 Å². The highest BCUT2D eigenvalue weighted by Gasteiger charge is 2.39. The van der Waals surface area contributed by atoms with Gasteiger partial charge in [0.2, 0.25) is 18.0 Å². The van der Waals surface area contributed by atoms with Crippen LogP contribution < -0.4 is 20.1 Å². The summed E-state index contributed by atoms with van der Waals surface area (Å²) in [6.07, 6.45) is 4.43. The van der Waals surface area contributed by atoms with Gasteiger partial charge < -0.3 is 53.9 Å². The van der Waals surface area contributed by atoms with E-state index in [0.29, 0.717) is 48.2 Å². The lowest BCUT2D eigenvalue weighted by molar-refractivity contribution is -0.136. The van der Waals surface area contributed by atoms with Crippen molar-refractivity contribution in [1.82, 2.24) is 44.9 Å². The lowest BCUT2D eigenvalue weighted by atomic mass is 10.0. The Hall–Kier alpha value is -7.37. The van der Waals surface area contributed by atoms with Crippen molar-refractivity contribution in [1.29, 1.82) is 0 Å². The van der Waals surface area contributed by atoms with E-state index in [0.717, 1.165) is 63.9 Å². The second-order valence-electron chi connectivity index (χ2n) is 18.2. The standard InChI is InChI=1S/C50H56FN9O8/c1-26(2)42(56-49(63)66-6)46(61)58-16-8-10-38(58)44-52-24-35(54-44)28-13-15-37-30(18-28)21-40-34-14-12-29(22-41(34)68-48(60(37)40)31-19-32(51)23-33(20-31)65-5)36-25-53-45(55-36)39-11-9-17-59(39)47(62)43(27(3)4)57-50(64)67-7/h12-15,18-27,38-39,42-43,48H,8-11,16-17H2,1-7H3,(H,52,54)(H,53,55)(H,56,63)(H,57,64)/t38-,39-,42-,43-,48?/m0/s1.